The molecule has 0 saturated carbocycles. The maximum Gasteiger partial charge on any atom is 0.330 e. The van der Waals surface area contributed by atoms with Gasteiger partial charge in [-0.05, 0) is 5.92 Å². The van der Waals surface area contributed by atoms with Gasteiger partial charge in [0.15, 0.2) is 11.2 Å². The van der Waals surface area contributed by atoms with Gasteiger partial charge in [0.1, 0.15) is 0 Å². The molecule has 0 amide bonds. The Bertz CT molecular complexity index is 650. The number of H-pyrrole nitrogens is 2. The molecule has 8 nitrogen and oxygen atoms in total. The predicted molar refractivity (Wildman–Crippen MR) is 63.6 cm³/mol. The SMILES string of the molecule is CC(C)Cn1c(=O)[nH]c(=O)c2[nH]c(NN)nc21. The summed E-state index contributed by atoms with van der Waals surface area (Å²) in [5.74, 6) is 5.71. The highest BCUT2D eigenvalue weighted by Gasteiger charge is 2.13. The highest BCUT2D eigenvalue weighted by molar-refractivity contribution is 5.72. The minimum atomic E-state index is -0.501. The number of nitrogen functional groups attached to an aromatic ring is 1. The largest absolute Gasteiger partial charge is 0.330 e. The summed E-state index contributed by atoms with van der Waals surface area (Å²) < 4.78 is 1.42. The van der Waals surface area contributed by atoms with Crippen molar-refractivity contribution < 1.29 is 0 Å². The fraction of sp³-hybridized carbons (Fsp3) is 0.444. The molecule has 0 saturated heterocycles. The Balaban J connectivity index is 2.77. The number of hydrogen-bond acceptors (Lipinski definition) is 5. The zero-order valence-electron chi connectivity index (χ0n) is 9.57. The predicted octanol–water partition coefficient (Wildman–Crippen LogP) is -0.645. The molecular weight excluding hydrogens is 224 g/mol. The van der Waals surface area contributed by atoms with E-state index in [2.05, 4.69) is 20.4 Å². The van der Waals surface area contributed by atoms with Gasteiger partial charge in [-0.3, -0.25) is 19.8 Å². The molecule has 0 radical (unpaired) electrons. The van der Waals surface area contributed by atoms with Crippen LogP contribution in [0.5, 0.6) is 0 Å². The van der Waals surface area contributed by atoms with Crippen molar-refractivity contribution in [2.24, 2.45) is 11.8 Å². The molecule has 0 aliphatic rings. The highest BCUT2D eigenvalue weighted by Crippen LogP contribution is 2.09. The second-order valence-electron chi connectivity index (χ2n) is 4.19. The van der Waals surface area contributed by atoms with Crippen molar-refractivity contribution in [1.29, 1.82) is 0 Å². The van der Waals surface area contributed by atoms with Crippen LogP contribution in [0.4, 0.5) is 5.95 Å². The zero-order chi connectivity index (χ0) is 12.6. The molecule has 0 atom stereocenters. The summed E-state index contributed by atoms with van der Waals surface area (Å²) in [4.78, 5) is 32.2. The zero-order valence-corrected chi connectivity index (χ0v) is 9.57. The van der Waals surface area contributed by atoms with Gasteiger partial charge in [0.2, 0.25) is 5.95 Å². The van der Waals surface area contributed by atoms with Crippen molar-refractivity contribution in [3.05, 3.63) is 20.8 Å². The van der Waals surface area contributed by atoms with E-state index in [1.165, 1.54) is 4.57 Å². The Kier molecular flexibility index (Phi) is 2.72. The summed E-state index contributed by atoms with van der Waals surface area (Å²) in [6, 6.07) is 0. The first-order valence-corrected chi connectivity index (χ1v) is 5.22. The van der Waals surface area contributed by atoms with Crippen LogP contribution >= 0.6 is 0 Å². The molecule has 2 rings (SSSR count). The Hall–Kier alpha value is -2.09. The lowest BCUT2D eigenvalue weighted by molar-refractivity contribution is 0.513. The number of rotatable bonds is 3. The van der Waals surface area contributed by atoms with E-state index in [1.807, 2.05) is 13.8 Å². The smallest absolute Gasteiger partial charge is 0.317 e. The molecule has 0 aliphatic heterocycles. The third-order valence-electron chi connectivity index (χ3n) is 2.32. The Morgan fingerprint density at radius 1 is 1.41 bits per heavy atom. The standard InChI is InChI=1S/C9H14N6O2/c1-4(2)3-15-6-5(7(16)13-9(15)17)11-8(12-6)14-10/h4H,3,10H2,1-2H3,(H2,11,12,14)(H,13,16,17). The summed E-state index contributed by atoms with van der Waals surface area (Å²) in [5, 5.41) is 0. The van der Waals surface area contributed by atoms with Gasteiger partial charge in [-0.25, -0.2) is 10.6 Å². The molecule has 5 N–H and O–H groups in total. The lowest BCUT2D eigenvalue weighted by Crippen LogP contribution is -2.31. The molecule has 2 heterocycles. The highest BCUT2D eigenvalue weighted by atomic mass is 16.2. The number of anilines is 1. The summed E-state index contributed by atoms with van der Waals surface area (Å²) >= 11 is 0. The topological polar surface area (TPSA) is 122 Å². The maximum absolute atomic E-state index is 11.7. The number of nitrogens with zero attached hydrogens (tertiary/aromatic N) is 2. The minimum Gasteiger partial charge on any atom is -0.317 e. The fourth-order valence-corrected chi connectivity index (χ4v) is 1.64. The fourth-order valence-electron chi connectivity index (χ4n) is 1.64. The van der Waals surface area contributed by atoms with E-state index in [-0.39, 0.29) is 17.4 Å². The van der Waals surface area contributed by atoms with Crippen LogP contribution in [0.1, 0.15) is 13.8 Å². The first kappa shape index (κ1) is 11.4. The molecule has 0 unspecified atom stereocenters. The molecule has 2 aromatic rings. The van der Waals surface area contributed by atoms with E-state index >= 15 is 0 Å². The van der Waals surface area contributed by atoms with Crippen LogP contribution in [-0.2, 0) is 6.54 Å². The van der Waals surface area contributed by atoms with Crippen molar-refractivity contribution in [2.45, 2.75) is 20.4 Å². The number of nitrogens with two attached hydrogens (primary N) is 1. The lowest BCUT2D eigenvalue weighted by atomic mass is 10.2. The Morgan fingerprint density at radius 2 is 2.12 bits per heavy atom. The van der Waals surface area contributed by atoms with Crippen LogP contribution in [-0.4, -0.2) is 19.5 Å². The normalized spacial score (nSPS) is 11.3. The van der Waals surface area contributed by atoms with Crippen molar-refractivity contribution in [3.63, 3.8) is 0 Å². The van der Waals surface area contributed by atoms with E-state index < -0.39 is 11.2 Å². The quantitative estimate of drug-likeness (QED) is 0.418. The second kappa shape index (κ2) is 4.06. The van der Waals surface area contributed by atoms with E-state index in [0.717, 1.165) is 0 Å². The van der Waals surface area contributed by atoms with Crippen molar-refractivity contribution >= 4 is 17.1 Å². The number of hydrogen-bond donors (Lipinski definition) is 4. The van der Waals surface area contributed by atoms with Crippen molar-refractivity contribution in [1.82, 2.24) is 19.5 Å². The summed E-state index contributed by atoms with van der Waals surface area (Å²) in [6.07, 6.45) is 0. The molecular formula is C9H14N6O2. The van der Waals surface area contributed by atoms with Gasteiger partial charge in [0.05, 0.1) is 0 Å². The summed E-state index contributed by atoms with van der Waals surface area (Å²) in [6.45, 7) is 4.41. The molecule has 0 aliphatic carbocycles. The molecule has 0 spiro atoms. The van der Waals surface area contributed by atoms with Crippen LogP contribution in [0.2, 0.25) is 0 Å². The van der Waals surface area contributed by atoms with Crippen LogP contribution in [0.3, 0.4) is 0 Å². The summed E-state index contributed by atoms with van der Waals surface area (Å²) in [5.41, 5.74) is 1.88. The summed E-state index contributed by atoms with van der Waals surface area (Å²) in [7, 11) is 0. The first-order chi connectivity index (χ1) is 8.02. The van der Waals surface area contributed by atoms with E-state index in [4.69, 9.17) is 5.84 Å². The number of fused-ring (bicyclic) bond motifs is 1. The Morgan fingerprint density at radius 3 is 2.71 bits per heavy atom. The number of aromatic nitrogens is 4. The Labute approximate surface area is 95.8 Å². The average Bonchev–Trinajstić information content (AvgIpc) is 2.68. The van der Waals surface area contributed by atoms with Crippen molar-refractivity contribution in [2.75, 3.05) is 5.43 Å². The average molecular weight is 238 g/mol. The van der Waals surface area contributed by atoms with Gasteiger partial charge in [0, 0.05) is 6.54 Å². The van der Waals surface area contributed by atoms with E-state index in [1.54, 1.807) is 0 Å². The van der Waals surface area contributed by atoms with Crippen LogP contribution in [0.15, 0.2) is 9.59 Å². The van der Waals surface area contributed by atoms with Gasteiger partial charge in [-0.15, -0.1) is 0 Å². The molecule has 17 heavy (non-hydrogen) atoms. The molecule has 8 heteroatoms. The van der Waals surface area contributed by atoms with Crippen molar-refractivity contribution in [3.8, 4) is 0 Å². The van der Waals surface area contributed by atoms with Gasteiger partial charge in [0.25, 0.3) is 5.56 Å². The number of hydrazine groups is 1. The molecule has 92 valence electrons. The molecule has 2 aromatic heterocycles. The van der Waals surface area contributed by atoms with E-state index in [0.29, 0.717) is 12.2 Å². The number of aromatic amines is 2. The molecule has 0 bridgehead atoms. The number of nitrogens with one attached hydrogen (secondary N) is 3. The lowest BCUT2D eigenvalue weighted by Gasteiger charge is -2.07. The van der Waals surface area contributed by atoms with Crippen LogP contribution in [0, 0.1) is 5.92 Å². The second-order valence-corrected chi connectivity index (χ2v) is 4.19. The third-order valence-corrected chi connectivity index (χ3v) is 2.32. The maximum atomic E-state index is 11.7. The molecule has 0 aromatic carbocycles. The minimum absolute atomic E-state index is 0.234. The van der Waals surface area contributed by atoms with Gasteiger partial charge < -0.3 is 4.98 Å². The van der Waals surface area contributed by atoms with Crippen LogP contribution < -0.4 is 22.5 Å². The monoisotopic (exact) mass is 238 g/mol. The van der Waals surface area contributed by atoms with Crippen LogP contribution in [0.25, 0.3) is 11.2 Å². The third kappa shape index (κ3) is 1.94. The van der Waals surface area contributed by atoms with Gasteiger partial charge >= 0.3 is 5.69 Å². The number of imidazole rings is 1. The molecule has 0 fully saturated rings. The van der Waals surface area contributed by atoms with Gasteiger partial charge in [-0.2, -0.15) is 4.98 Å². The van der Waals surface area contributed by atoms with E-state index in [9.17, 15) is 9.59 Å². The van der Waals surface area contributed by atoms with Gasteiger partial charge in [-0.1, -0.05) is 13.8 Å². The first-order valence-electron chi connectivity index (χ1n) is 5.22.